The number of benzene rings is 3. The van der Waals surface area contributed by atoms with Crippen LogP contribution >= 0.6 is 0 Å². The molecule has 12 heteroatoms. The van der Waals surface area contributed by atoms with E-state index in [1.165, 1.54) is 0 Å². The van der Waals surface area contributed by atoms with Crippen LogP contribution in [0.3, 0.4) is 0 Å². The predicted octanol–water partition coefficient (Wildman–Crippen LogP) is 4.94. The Morgan fingerprint density at radius 1 is 0.938 bits per heavy atom. The number of aromatic nitrogens is 2. The van der Waals surface area contributed by atoms with Gasteiger partial charge in [0.15, 0.2) is 11.5 Å². The zero-order chi connectivity index (χ0) is 22.5. The minimum absolute atomic E-state index is 0.0257. The zero-order valence-electron chi connectivity index (χ0n) is 16.2. The Labute approximate surface area is 179 Å². The number of amidine groups is 1. The van der Waals surface area contributed by atoms with E-state index >= 15 is 0 Å². The van der Waals surface area contributed by atoms with Crippen LogP contribution in [0.4, 0.5) is 22.7 Å². The molecule has 12 nitrogen and oxygen atoms in total. The van der Waals surface area contributed by atoms with Crippen LogP contribution < -0.4 is 5.43 Å². The van der Waals surface area contributed by atoms with Gasteiger partial charge in [0.2, 0.25) is 5.84 Å². The van der Waals surface area contributed by atoms with Gasteiger partial charge in [0.1, 0.15) is 0 Å². The number of fused-ring (bicyclic) bond motifs is 1. The number of nitro groups is 2. The molecule has 0 bridgehead atoms. The van der Waals surface area contributed by atoms with Crippen molar-refractivity contribution < 1.29 is 9.85 Å². The highest BCUT2D eigenvalue weighted by molar-refractivity contribution is 5.99. The fourth-order valence-electron chi connectivity index (χ4n) is 2.77. The summed E-state index contributed by atoms with van der Waals surface area (Å²) in [7, 11) is 0. The minimum Gasteiger partial charge on any atom is -0.335 e. The van der Waals surface area contributed by atoms with Crippen molar-refractivity contribution in [1.82, 2.24) is 9.97 Å². The summed E-state index contributed by atoms with van der Waals surface area (Å²) in [6, 6.07) is 19.5. The summed E-state index contributed by atoms with van der Waals surface area (Å²) in [5.74, 6) is 0.306. The lowest BCUT2D eigenvalue weighted by Crippen LogP contribution is -2.03. The van der Waals surface area contributed by atoms with E-state index in [1.54, 1.807) is 18.2 Å². The number of hydrogen-bond donors (Lipinski definition) is 2. The van der Waals surface area contributed by atoms with E-state index in [0.29, 0.717) is 11.2 Å². The highest BCUT2D eigenvalue weighted by Gasteiger charge is 2.20. The van der Waals surface area contributed by atoms with E-state index in [2.05, 4.69) is 30.7 Å². The first-order valence-corrected chi connectivity index (χ1v) is 9.20. The Balaban J connectivity index is 1.74. The lowest BCUT2D eigenvalue weighted by Gasteiger charge is -2.01. The van der Waals surface area contributed by atoms with Crippen molar-refractivity contribution in [2.75, 3.05) is 5.43 Å². The molecule has 32 heavy (non-hydrogen) atoms. The molecule has 158 valence electrons. The molecule has 0 radical (unpaired) electrons. The molecule has 0 aliphatic carbocycles. The smallest absolute Gasteiger partial charge is 0.303 e. The van der Waals surface area contributed by atoms with Gasteiger partial charge in [-0.05, 0) is 30.3 Å². The first kappa shape index (κ1) is 20.3. The number of hydrogen-bond acceptors (Lipinski definition) is 8. The molecule has 1 heterocycles. The third kappa shape index (κ3) is 4.43. The summed E-state index contributed by atoms with van der Waals surface area (Å²) in [5.41, 5.74) is 3.79. The van der Waals surface area contributed by atoms with Crippen molar-refractivity contribution in [3.05, 3.63) is 98.8 Å². The number of aromatic amines is 1. The van der Waals surface area contributed by atoms with Gasteiger partial charge in [-0.25, -0.2) is 4.98 Å². The second-order valence-corrected chi connectivity index (χ2v) is 6.40. The number of imidazole rings is 1. The SMILES string of the molecule is O=[N+]([O-])c1ccc(N=NC(=NNc2ccccc2)c2nc3ccccc3[nH]2)c([N+](=O)[O-])c1. The monoisotopic (exact) mass is 430 g/mol. The molecule has 0 fully saturated rings. The normalized spacial score (nSPS) is 11.7. The maximum absolute atomic E-state index is 11.4. The Morgan fingerprint density at radius 3 is 2.41 bits per heavy atom. The van der Waals surface area contributed by atoms with Crippen molar-refractivity contribution in [2.45, 2.75) is 0 Å². The van der Waals surface area contributed by atoms with Crippen LogP contribution in [0, 0.1) is 20.2 Å². The van der Waals surface area contributed by atoms with E-state index in [9.17, 15) is 20.2 Å². The maximum atomic E-state index is 11.4. The number of rotatable bonds is 6. The highest BCUT2D eigenvalue weighted by atomic mass is 16.6. The lowest BCUT2D eigenvalue weighted by atomic mass is 10.2. The molecule has 2 N–H and O–H groups in total. The van der Waals surface area contributed by atoms with Crippen molar-refractivity contribution >= 4 is 39.6 Å². The van der Waals surface area contributed by atoms with Crippen molar-refractivity contribution in [2.24, 2.45) is 15.3 Å². The average Bonchev–Trinajstić information content (AvgIpc) is 3.23. The molecule has 4 aromatic rings. The molecule has 0 saturated heterocycles. The molecule has 0 unspecified atom stereocenters. The minimum atomic E-state index is -0.762. The summed E-state index contributed by atoms with van der Waals surface area (Å²) in [5, 5.41) is 34.5. The number of para-hydroxylation sites is 3. The first-order valence-electron chi connectivity index (χ1n) is 9.20. The number of azo groups is 1. The standard InChI is InChI=1S/C20H14N8O4/c29-27(30)14-10-11-17(18(12-14)28(31)32)24-26-20(25-23-13-6-2-1-3-7-13)19-21-15-8-4-5-9-16(15)22-19/h1-12,23H,(H,21,22). The van der Waals surface area contributed by atoms with Gasteiger partial charge in [-0.1, -0.05) is 30.3 Å². The fourth-order valence-corrected chi connectivity index (χ4v) is 2.77. The Morgan fingerprint density at radius 2 is 1.69 bits per heavy atom. The molecule has 0 aliphatic rings. The second kappa shape index (κ2) is 8.79. The number of anilines is 1. The Bertz CT molecular complexity index is 1330. The van der Waals surface area contributed by atoms with Crippen molar-refractivity contribution in [1.29, 1.82) is 0 Å². The highest BCUT2D eigenvalue weighted by Crippen LogP contribution is 2.31. The van der Waals surface area contributed by atoms with E-state index in [1.807, 2.05) is 36.4 Å². The molecule has 0 spiro atoms. The summed E-state index contributed by atoms with van der Waals surface area (Å²) in [6.45, 7) is 0. The molecule has 0 atom stereocenters. The van der Waals surface area contributed by atoms with Gasteiger partial charge in [0.05, 0.1) is 32.6 Å². The van der Waals surface area contributed by atoms with E-state index in [-0.39, 0.29) is 17.3 Å². The molecule has 0 saturated carbocycles. The molecule has 3 aromatic carbocycles. The first-order chi connectivity index (χ1) is 15.5. The molecule has 0 aliphatic heterocycles. The Kier molecular flexibility index (Phi) is 5.57. The van der Waals surface area contributed by atoms with E-state index < -0.39 is 21.2 Å². The van der Waals surface area contributed by atoms with Crippen molar-refractivity contribution in [3.8, 4) is 0 Å². The summed E-state index contributed by atoms with van der Waals surface area (Å²) in [4.78, 5) is 28.3. The summed E-state index contributed by atoms with van der Waals surface area (Å²) in [6.07, 6.45) is 0. The molecular weight excluding hydrogens is 416 g/mol. The number of H-pyrrole nitrogens is 1. The number of nitrogens with zero attached hydrogens (tertiary/aromatic N) is 6. The lowest BCUT2D eigenvalue weighted by molar-refractivity contribution is -0.393. The average molecular weight is 430 g/mol. The fraction of sp³-hybridized carbons (Fsp3) is 0. The molecular formula is C20H14N8O4. The van der Waals surface area contributed by atoms with E-state index in [0.717, 1.165) is 23.7 Å². The number of hydrazone groups is 1. The van der Waals surface area contributed by atoms with Crippen LogP contribution in [-0.2, 0) is 0 Å². The summed E-state index contributed by atoms with van der Waals surface area (Å²) >= 11 is 0. The van der Waals surface area contributed by atoms with Crippen molar-refractivity contribution in [3.63, 3.8) is 0 Å². The summed E-state index contributed by atoms with van der Waals surface area (Å²) < 4.78 is 0. The zero-order valence-corrected chi connectivity index (χ0v) is 16.2. The quantitative estimate of drug-likeness (QED) is 0.145. The van der Waals surface area contributed by atoms with Gasteiger partial charge < -0.3 is 4.98 Å². The number of nitro benzene ring substituents is 2. The van der Waals surface area contributed by atoms with Gasteiger partial charge in [0, 0.05) is 6.07 Å². The van der Waals surface area contributed by atoms with Crippen LogP contribution in [0.25, 0.3) is 11.0 Å². The largest absolute Gasteiger partial charge is 0.335 e. The topological polar surface area (TPSA) is 164 Å². The van der Waals surface area contributed by atoms with Gasteiger partial charge in [-0.3, -0.25) is 25.7 Å². The molecule has 4 rings (SSSR count). The van der Waals surface area contributed by atoms with Gasteiger partial charge in [0.25, 0.3) is 5.69 Å². The number of nitrogens with one attached hydrogen (secondary N) is 2. The van der Waals surface area contributed by atoms with Gasteiger partial charge >= 0.3 is 5.69 Å². The van der Waals surface area contributed by atoms with E-state index in [4.69, 9.17) is 0 Å². The van der Waals surface area contributed by atoms with Gasteiger partial charge in [-0.2, -0.15) is 0 Å². The third-order valence-electron chi connectivity index (χ3n) is 4.28. The predicted molar refractivity (Wildman–Crippen MR) is 117 cm³/mol. The maximum Gasteiger partial charge on any atom is 0.303 e. The number of non-ortho nitro benzene ring substituents is 1. The molecule has 0 amide bonds. The second-order valence-electron chi connectivity index (χ2n) is 6.40. The van der Waals surface area contributed by atoms with Gasteiger partial charge in [-0.15, -0.1) is 15.3 Å². The van der Waals surface area contributed by atoms with Crippen LogP contribution in [0.2, 0.25) is 0 Å². The van der Waals surface area contributed by atoms with Crippen LogP contribution in [-0.4, -0.2) is 25.7 Å². The van der Waals surface area contributed by atoms with Crippen LogP contribution in [0.5, 0.6) is 0 Å². The van der Waals surface area contributed by atoms with Crippen LogP contribution in [0.15, 0.2) is 88.1 Å². The molecule has 1 aromatic heterocycles. The van der Waals surface area contributed by atoms with Crippen LogP contribution in [0.1, 0.15) is 5.82 Å². The Hall–Kier alpha value is -5.00. The third-order valence-corrected chi connectivity index (χ3v) is 4.28.